The van der Waals surface area contributed by atoms with E-state index >= 15 is 0 Å². The zero-order valence-corrected chi connectivity index (χ0v) is 35.2. The summed E-state index contributed by atoms with van der Waals surface area (Å²) in [6.07, 6.45) is 4.98. The first-order valence-corrected chi connectivity index (χ1v) is 20.3. The van der Waals surface area contributed by atoms with E-state index in [0.29, 0.717) is 31.8 Å². The molecule has 14 nitrogen and oxygen atoms in total. The fourth-order valence-corrected chi connectivity index (χ4v) is 8.81. The van der Waals surface area contributed by atoms with Gasteiger partial charge >= 0.3 is 5.79 Å². The van der Waals surface area contributed by atoms with E-state index in [1.807, 2.05) is 0 Å². The van der Waals surface area contributed by atoms with Crippen molar-refractivity contribution in [3.05, 3.63) is 58.0 Å². The monoisotopic (exact) mass is 804 g/mol. The number of methoxy groups -OCH3 is 1. The molecule has 1 spiro atoms. The Hall–Kier alpha value is -4.34. The molecule has 0 aromatic heterocycles. The molecule has 14 heteroatoms. The average Bonchev–Trinajstić information content (AvgIpc) is 3.69. The normalized spacial score (nSPS) is 33.9. The molecule has 4 aliphatic rings. The second kappa shape index (κ2) is 16.4. The summed E-state index contributed by atoms with van der Waals surface area (Å²) in [5.74, 6) is -5.71. The Labute approximate surface area is 339 Å². The molecule has 1 amide bonds. The van der Waals surface area contributed by atoms with Crippen LogP contribution in [0, 0.1) is 36.5 Å². The number of aromatic hydroxyl groups is 2. The van der Waals surface area contributed by atoms with Crippen LogP contribution in [0.4, 0.5) is 5.69 Å². The van der Waals surface area contributed by atoms with Gasteiger partial charge in [-0.3, -0.25) is 19.6 Å². The molecule has 1 saturated heterocycles. The maximum atomic E-state index is 14.6. The number of carbonyl (C=O) groups is 2. The number of fused-ring (bicyclic) bond motifs is 1. The maximum Gasteiger partial charge on any atom is 0.312 e. The molecule has 0 aliphatic carbocycles. The number of amides is 1. The van der Waals surface area contributed by atoms with Gasteiger partial charge in [-0.05, 0) is 25.8 Å². The molecule has 0 saturated carbocycles. The van der Waals surface area contributed by atoms with Crippen molar-refractivity contribution in [2.75, 3.05) is 32.1 Å². The number of carbonyl (C=O) groups excluding carboxylic acids is 2. The molecule has 4 bridgehead atoms. The number of phenols is 2. The minimum atomic E-state index is -1.93. The lowest BCUT2D eigenvalue weighted by Gasteiger charge is -2.36. The van der Waals surface area contributed by atoms with Gasteiger partial charge < -0.3 is 50.0 Å². The first kappa shape index (κ1) is 43.2. The van der Waals surface area contributed by atoms with Crippen molar-refractivity contribution in [2.45, 2.75) is 111 Å². The summed E-state index contributed by atoms with van der Waals surface area (Å²) >= 11 is 0. The number of rotatable bonds is 3. The Bertz CT molecular complexity index is 2170. The van der Waals surface area contributed by atoms with E-state index in [1.165, 1.54) is 20.3 Å². The van der Waals surface area contributed by atoms with Gasteiger partial charge in [0.15, 0.2) is 11.4 Å². The predicted molar refractivity (Wildman–Crippen MR) is 218 cm³/mol. The molecule has 316 valence electrons. The van der Waals surface area contributed by atoms with E-state index in [4.69, 9.17) is 24.2 Å². The number of anilines is 1. The SMILES string of the molecule is CO[C@H]1/C=C/O[C@@]2(C)Oc3c(C)c(O)c4c(O)c(c5c(c4c3C2=O)=NC2(CCN(CC(C)C)CC2)N=5)NC(=O)/C(C)=C\C=C\[C@H](C)[C@@H](O)[C@H](C)[C@@H](O)[C@@H](C)[C@H](O)[C@@H]1C. The third-order valence-corrected chi connectivity index (χ3v) is 12.6. The zero-order valence-electron chi connectivity index (χ0n) is 35.2. The van der Waals surface area contributed by atoms with Crippen LogP contribution in [0.25, 0.3) is 10.8 Å². The van der Waals surface area contributed by atoms with Crippen molar-refractivity contribution >= 4 is 28.2 Å². The molecule has 0 unspecified atom stereocenters. The minimum Gasteiger partial charge on any atom is -0.507 e. The number of ketones is 1. The lowest BCUT2D eigenvalue weighted by Crippen LogP contribution is -2.44. The fraction of sp³-hybridized carbons (Fsp3) is 0.591. The van der Waals surface area contributed by atoms with Crippen LogP contribution >= 0.6 is 0 Å². The smallest absolute Gasteiger partial charge is 0.312 e. The number of piperidine rings is 1. The van der Waals surface area contributed by atoms with Crippen LogP contribution in [0.1, 0.15) is 84.2 Å². The van der Waals surface area contributed by atoms with Crippen molar-refractivity contribution < 1.29 is 49.3 Å². The highest BCUT2D eigenvalue weighted by atomic mass is 16.7. The summed E-state index contributed by atoms with van der Waals surface area (Å²) in [5, 5.41) is 61.1. The Kier molecular flexibility index (Phi) is 12.2. The van der Waals surface area contributed by atoms with Crippen LogP contribution in [-0.4, -0.2) is 105 Å². The summed E-state index contributed by atoms with van der Waals surface area (Å²) in [5.41, 5.74) is -0.508. The number of benzene rings is 2. The van der Waals surface area contributed by atoms with Gasteiger partial charge in [-0.25, -0.2) is 0 Å². The van der Waals surface area contributed by atoms with Gasteiger partial charge in [-0.15, -0.1) is 0 Å². The average molecular weight is 805 g/mol. The Morgan fingerprint density at radius 3 is 2.17 bits per heavy atom. The first-order valence-electron chi connectivity index (χ1n) is 20.3. The predicted octanol–water partition coefficient (Wildman–Crippen LogP) is 4.18. The van der Waals surface area contributed by atoms with Crippen LogP contribution in [0.5, 0.6) is 17.2 Å². The maximum absolute atomic E-state index is 14.6. The van der Waals surface area contributed by atoms with Gasteiger partial charge in [0.25, 0.3) is 11.7 Å². The number of likely N-dealkylation sites (tertiary alicyclic amines) is 1. The second-order valence-electron chi connectivity index (χ2n) is 17.4. The third kappa shape index (κ3) is 7.65. The molecule has 4 heterocycles. The Morgan fingerprint density at radius 1 is 0.914 bits per heavy atom. The number of ether oxygens (including phenoxy) is 3. The van der Waals surface area contributed by atoms with Crippen LogP contribution in [0.3, 0.4) is 0 Å². The van der Waals surface area contributed by atoms with Crippen LogP contribution in [0.2, 0.25) is 0 Å². The molecule has 6 N–H and O–H groups in total. The molecule has 58 heavy (non-hydrogen) atoms. The molecule has 6 rings (SSSR count). The number of nitrogens with one attached hydrogen (secondary N) is 1. The van der Waals surface area contributed by atoms with E-state index < -0.39 is 77.0 Å². The summed E-state index contributed by atoms with van der Waals surface area (Å²) in [7, 11) is 1.47. The van der Waals surface area contributed by atoms with Crippen LogP contribution in [0.15, 0.2) is 46.1 Å². The van der Waals surface area contributed by atoms with E-state index in [-0.39, 0.29) is 55.4 Å². The zero-order chi connectivity index (χ0) is 42.6. The molecule has 1 fully saturated rings. The van der Waals surface area contributed by atoms with Gasteiger partial charge in [0.1, 0.15) is 22.5 Å². The van der Waals surface area contributed by atoms with E-state index in [0.717, 1.165) is 6.54 Å². The number of phenolic OH excluding ortho intramolecular Hbond substituents is 2. The quantitative estimate of drug-likeness (QED) is 0.243. The Morgan fingerprint density at radius 2 is 1.53 bits per heavy atom. The standard InChI is InChI=1S/C44H60N4O10/c1-21(2)20-48-17-15-44(16-18-48)46-32-29-30-38(52)27(8)40-31(29)41(54)43(9,58-40)57-19-14-28(56-10)24(5)36(50)26(7)37(51)25(6)35(49)22(3)12-11-13-23(4)42(55)45-34(39(30)53)33(32)47-44/h11-14,19,21-22,24-26,28,35-37,49-53H,15-18,20H2,1-10H3,(H,45,55)/b12-11+,19-14+,23-13-/t22-,24+,25-,26-,28-,35+,36+,37+,43-/m0/s1. The highest BCUT2D eigenvalue weighted by Gasteiger charge is 2.50. The molecular weight excluding hydrogens is 745 g/mol. The molecule has 4 aliphatic heterocycles. The molecule has 2 aromatic rings. The first-order chi connectivity index (χ1) is 27.3. The van der Waals surface area contributed by atoms with Crippen molar-refractivity contribution in [2.24, 2.45) is 39.6 Å². The van der Waals surface area contributed by atoms with E-state index in [2.05, 4.69) is 24.1 Å². The highest BCUT2D eigenvalue weighted by Crippen LogP contribution is 2.50. The van der Waals surface area contributed by atoms with Crippen molar-refractivity contribution in [1.82, 2.24) is 4.90 Å². The Balaban J connectivity index is 1.54. The number of aliphatic hydroxyl groups excluding tert-OH is 3. The fourth-order valence-electron chi connectivity index (χ4n) is 8.81. The number of Topliss-reactive ketones (excluding diaryl/α,β-unsaturated/α-hetero) is 1. The van der Waals surface area contributed by atoms with Gasteiger partial charge in [-0.2, -0.15) is 0 Å². The van der Waals surface area contributed by atoms with Gasteiger partial charge in [0.2, 0.25) is 0 Å². The molecular formula is C44H60N4O10. The second-order valence-corrected chi connectivity index (χ2v) is 17.4. The number of aliphatic hydroxyl groups is 3. The number of nitrogens with zero attached hydrogens (tertiary/aromatic N) is 3. The van der Waals surface area contributed by atoms with E-state index in [1.54, 1.807) is 65.8 Å². The third-order valence-electron chi connectivity index (χ3n) is 12.6. The van der Waals surface area contributed by atoms with Gasteiger partial charge in [0.05, 0.1) is 47.0 Å². The topological polar surface area (TPSA) is 203 Å². The molecule has 2 aromatic carbocycles. The lowest BCUT2D eigenvalue weighted by atomic mass is 9.78. The van der Waals surface area contributed by atoms with Crippen molar-refractivity contribution in [3.8, 4) is 17.2 Å². The van der Waals surface area contributed by atoms with Crippen LogP contribution < -0.4 is 20.8 Å². The lowest BCUT2D eigenvalue weighted by molar-refractivity contribution is -0.112. The molecule has 9 atom stereocenters. The van der Waals surface area contributed by atoms with Gasteiger partial charge in [-0.1, -0.05) is 59.8 Å². The number of hydrogen-bond acceptors (Lipinski definition) is 13. The van der Waals surface area contributed by atoms with Crippen molar-refractivity contribution in [3.63, 3.8) is 0 Å². The van der Waals surface area contributed by atoms with Gasteiger partial charge in [0, 0.05) is 86.7 Å². The largest absolute Gasteiger partial charge is 0.507 e. The number of hydrogen-bond donors (Lipinski definition) is 6. The minimum absolute atomic E-state index is 0.0467. The summed E-state index contributed by atoms with van der Waals surface area (Å²) < 4.78 is 18.0. The van der Waals surface area contributed by atoms with Crippen molar-refractivity contribution in [1.29, 1.82) is 0 Å². The summed E-state index contributed by atoms with van der Waals surface area (Å²) in [6, 6.07) is 0. The highest BCUT2D eigenvalue weighted by molar-refractivity contribution is 6.19. The summed E-state index contributed by atoms with van der Waals surface area (Å²) in [4.78, 5) is 41.1. The van der Waals surface area contributed by atoms with Crippen LogP contribution in [-0.2, 0) is 14.3 Å². The van der Waals surface area contributed by atoms with E-state index in [9.17, 15) is 35.1 Å². The number of allylic oxidation sites excluding steroid dienone is 2. The summed E-state index contributed by atoms with van der Waals surface area (Å²) in [6.45, 7) is 18.2. The molecule has 0 radical (unpaired) electrons.